The molecule has 0 aliphatic rings. The number of urea groups is 1. The summed E-state index contributed by atoms with van der Waals surface area (Å²) in [6.07, 6.45) is 1.39. The Bertz CT molecular complexity index is 118. The number of hydrogen-bond donors (Lipinski definition) is 2. The monoisotopic (exact) mass is 114 g/mol. The van der Waals surface area contributed by atoms with Crippen molar-refractivity contribution in [2.75, 3.05) is 0 Å². The second-order valence-corrected chi connectivity index (χ2v) is 0.916. The Labute approximate surface area is 46.3 Å². The number of carbonyl (C=O) groups is 1. The van der Waals surface area contributed by atoms with E-state index in [0.29, 0.717) is 0 Å². The summed E-state index contributed by atoms with van der Waals surface area (Å²) in [5, 5.41) is 5.82. The van der Waals surface area contributed by atoms with E-state index in [1.807, 2.05) is 5.43 Å². The molecule has 0 aliphatic heterocycles. The van der Waals surface area contributed by atoms with Gasteiger partial charge >= 0.3 is 6.03 Å². The number of nitrogens with one attached hydrogen (secondary N) is 2. The molecule has 0 heterocycles. The zero-order valence-electron chi connectivity index (χ0n) is 4.38. The SMILES string of the molecule is CC=NNC(=O)N=N. The lowest BCUT2D eigenvalue weighted by molar-refractivity contribution is 0.247. The highest BCUT2D eigenvalue weighted by atomic mass is 16.2. The molecule has 0 saturated carbocycles. The van der Waals surface area contributed by atoms with E-state index < -0.39 is 6.03 Å². The van der Waals surface area contributed by atoms with Gasteiger partial charge in [0.1, 0.15) is 0 Å². The van der Waals surface area contributed by atoms with Gasteiger partial charge in [0, 0.05) is 6.21 Å². The zero-order valence-corrected chi connectivity index (χ0v) is 4.38. The topological polar surface area (TPSA) is 77.7 Å². The molecule has 0 fully saturated rings. The highest BCUT2D eigenvalue weighted by molar-refractivity contribution is 5.74. The van der Waals surface area contributed by atoms with Crippen molar-refractivity contribution in [1.29, 1.82) is 5.53 Å². The second-order valence-electron chi connectivity index (χ2n) is 0.916. The van der Waals surface area contributed by atoms with Gasteiger partial charge in [0.05, 0.1) is 0 Å². The number of amides is 2. The van der Waals surface area contributed by atoms with Crippen LogP contribution in [-0.4, -0.2) is 12.2 Å². The second kappa shape index (κ2) is 3.91. The van der Waals surface area contributed by atoms with Crippen molar-refractivity contribution in [3.63, 3.8) is 0 Å². The van der Waals surface area contributed by atoms with Crippen LogP contribution in [0.5, 0.6) is 0 Å². The molecular weight excluding hydrogens is 108 g/mol. The van der Waals surface area contributed by atoms with Gasteiger partial charge in [-0.25, -0.2) is 10.2 Å². The molecule has 0 rings (SSSR count). The summed E-state index contributed by atoms with van der Waals surface area (Å²) >= 11 is 0. The molecule has 2 amide bonds. The van der Waals surface area contributed by atoms with Gasteiger partial charge in [-0.2, -0.15) is 10.6 Å². The molecule has 0 atom stereocenters. The minimum Gasteiger partial charge on any atom is -0.243 e. The van der Waals surface area contributed by atoms with Crippen LogP contribution in [0.15, 0.2) is 10.2 Å². The van der Waals surface area contributed by atoms with Crippen LogP contribution < -0.4 is 5.43 Å². The average Bonchev–Trinajstić information content (AvgIpc) is 1.83. The Morgan fingerprint density at radius 1 is 1.88 bits per heavy atom. The summed E-state index contributed by atoms with van der Waals surface area (Å²) in [5.74, 6) is 0. The molecule has 0 aromatic rings. The molecule has 44 valence electrons. The normalized spacial score (nSPS) is 9.12. The van der Waals surface area contributed by atoms with Gasteiger partial charge < -0.3 is 0 Å². The molecule has 0 bridgehead atoms. The first kappa shape index (κ1) is 6.74. The molecule has 2 N–H and O–H groups in total. The maximum Gasteiger partial charge on any atom is 0.379 e. The van der Waals surface area contributed by atoms with Gasteiger partial charge in [0.2, 0.25) is 0 Å². The lowest BCUT2D eigenvalue weighted by Crippen LogP contribution is -2.10. The Morgan fingerprint density at radius 3 is 2.88 bits per heavy atom. The summed E-state index contributed by atoms with van der Waals surface area (Å²) in [6, 6.07) is -0.761. The fourth-order valence-corrected chi connectivity index (χ4v) is 0.145. The van der Waals surface area contributed by atoms with Crippen molar-refractivity contribution >= 4 is 12.2 Å². The van der Waals surface area contributed by atoms with E-state index in [9.17, 15) is 4.79 Å². The number of hydrazone groups is 1. The standard InChI is InChI=1S/C3H6N4O/c1-2-5-7-3(8)6-4/h2,4H,1H3,(H,7,8). The summed E-state index contributed by atoms with van der Waals surface area (Å²) in [6.45, 7) is 1.64. The molecule has 0 saturated heterocycles. The van der Waals surface area contributed by atoms with Crippen LogP contribution >= 0.6 is 0 Å². The quantitative estimate of drug-likeness (QED) is 0.294. The minimum absolute atomic E-state index is 0.761. The fraction of sp³-hybridized carbons (Fsp3) is 0.333. The van der Waals surface area contributed by atoms with Crippen molar-refractivity contribution in [3.8, 4) is 0 Å². The summed E-state index contributed by atoms with van der Waals surface area (Å²) in [4.78, 5) is 9.99. The summed E-state index contributed by atoms with van der Waals surface area (Å²) in [5.41, 5.74) is 8.08. The zero-order chi connectivity index (χ0) is 6.41. The number of rotatable bonds is 1. The van der Waals surface area contributed by atoms with Crippen LogP contribution in [0.25, 0.3) is 0 Å². The first-order valence-electron chi connectivity index (χ1n) is 1.96. The van der Waals surface area contributed by atoms with Gasteiger partial charge in [-0.05, 0) is 6.92 Å². The number of nitrogens with zero attached hydrogens (tertiary/aromatic N) is 2. The molecule has 0 spiro atoms. The van der Waals surface area contributed by atoms with E-state index in [2.05, 4.69) is 10.2 Å². The lowest BCUT2D eigenvalue weighted by atomic mass is 10.9. The van der Waals surface area contributed by atoms with E-state index in [1.54, 1.807) is 6.92 Å². The van der Waals surface area contributed by atoms with Crippen LogP contribution in [0.1, 0.15) is 6.92 Å². The van der Waals surface area contributed by atoms with Gasteiger partial charge in [-0.3, -0.25) is 0 Å². The predicted octanol–water partition coefficient (Wildman–Crippen LogP) is 0.733. The Hall–Kier alpha value is -1.26. The van der Waals surface area contributed by atoms with Gasteiger partial charge in [-0.1, -0.05) is 5.11 Å². The predicted molar refractivity (Wildman–Crippen MR) is 27.8 cm³/mol. The number of carbonyl (C=O) groups excluding carboxylic acids is 1. The third kappa shape index (κ3) is 2.95. The van der Waals surface area contributed by atoms with Crippen LogP contribution in [0.4, 0.5) is 4.79 Å². The fourth-order valence-electron chi connectivity index (χ4n) is 0.145. The van der Waals surface area contributed by atoms with E-state index in [0.717, 1.165) is 0 Å². The Balaban J connectivity index is 3.39. The molecule has 0 aromatic heterocycles. The maximum atomic E-state index is 9.99. The molecule has 5 nitrogen and oxygen atoms in total. The van der Waals surface area contributed by atoms with Gasteiger partial charge in [0.25, 0.3) is 0 Å². The highest BCUT2D eigenvalue weighted by Gasteiger charge is 1.87. The maximum absolute atomic E-state index is 9.99. The third-order valence-corrected chi connectivity index (χ3v) is 0.391. The third-order valence-electron chi connectivity index (χ3n) is 0.391. The number of hydrogen-bond acceptors (Lipinski definition) is 3. The van der Waals surface area contributed by atoms with Crippen molar-refractivity contribution in [1.82, 2.24) is 5.43 Å². The molecule has 0 aromatic carbocycles. The molecule has 0 radical (unpaired) electrons. The largest absolute Gasteiger partial charge is 0.379 e. The van der Waals surface area contributed by atoms with Crippen LogP contribution in [0.2, 0.25) is 0 Å². The summed E-state index contributed by atoms with van der Waals surface area (Å²) < 4.78 is 0. The molecule has 0 unspecified atom stereocenters. The van der Waals surface area contributed by atoms with E-state index in [4.69, 9.17) is 5.53 Å². The molecule has 8 heavy (non-hydrogen) atoms. The Morgan fingerprint density at radius 2 is 2.50 bits per heavy atom. The van der Waals surface area contributed by atoms with Crippen molar-refractivity contribution < 1.29 is 4.79 Å². The Kier molecular flexibility index (Phi) is 3.30. The van der Waals surface area contributed by atoms with Gasteiger partial charge in [-0.15, -0.1) is 0 Å². The lowest BCUT2D eigenvalue weighted by Gasteiger charge is -1.84. The molecule has 0 aliphatic carbocycles. The van der Waals surface area contributed by atoms with Crippen molar-refractivity contribution in [3.05, 3.63) is 0 Å². The van der Waals surface area contributed by atoms with Crippen molar-refractivity contribution in [2.24, 2.45) is 10.2 Å². The van der Waals surface area contributed by atoms with Crippen molar-refractivity contribution in [2.45, 2.75) is 6.92 Å². The highest BCUT2D eigenvalue weighted by Crippen LogP contribution is 1.68. The van der Waals surface area contributed by atoms with E-state index >= 15 is 0 Å². The van der Waals surface area contributed by atoms with E-state index in [1.165, 1.54) is 6.21 Å². The summed E-state index contributed by atoms with van der Waals surface area (Å²) in [7, 11) is 0. The minimum atomic E-state index is -0.761. The molecule has 5 heteroatoms. The van der Waals surface area contributed by atoms with Crippen LogP contribution in [0.3, 0.4) is 0 Å². The first-order chi connectivity index (χ1) is 3.81. The molecular formula is C3H6N4O. The van der Waals surface area contributed by atoms with Crippen LogP contribution in [0, 0.1) is 5.53 Å². The van der Waals surface area contributed by atoms with E-state index in [-0.39, 0.29) is 0 Å². The first-order valence-corrected chi connectivity index (χ1v) is 1.96. The smallest absolute Gasteiger partial charge is 0.243 e. The average molecular weight is 114 g/mol. The van der Waals surface area contributed by atoms with Crippen LogP contribution in [-0.2, 0) is 0 Å². The van der Waals surface area contributed by atoms with Gasteiger partial charge in [0.15, 0.2) is 0 Å².